The van der Waals surface area contributed by atoms with Crippen molar-refractivity contribution in [3.63, 3.8) is 0 Å². The van der Waals surface area contributed by atoms with E-state index >= 15 is 0 Å². The summed E-state index contributed by atoms with van der Waals surface area (Å²) in [6.45, 7) is 3.21. The molecule has 0 N–H and O–H groups in total. The van der Waals surface area contributed by atoms with E-state index in [1.165, 1.54) is 0 Å². The van der Waals surface area contributed by atoms with Crippen LogP contribution in [0.25, 0.3) is 0 Å². The first-order valence-electron chi connectivity index (χ1n) is 9.00. The standard InChI is InChI=1S/C21H25NO4/c23-21(26-17-19-9-5-2-6-10-19)22-12-11-20(15-22)25-14-13-24-16-18-7-3-1-4-8-18/h1-10,20H,11-17H2. The van der Waals surface area contributed by atoms with Crippen LogP contribution in [0.5, 0.6) is 0 Å². The monoisotopic (exact) mass is 355 g/mol. The zero-order valence-electron chi connectivity index (χ0n) is 14.9. The molecule has 0 radical (unpaired) electrons. The molecule has 0 saturated carbocycles. The summed E-state index contributed by atoms with van der Waals surface area (Å²) >= 11 is 0. The zero-order chi connectivity index (χ0) is 18.0. The van der Waals surface area contributed by atoms with E-state index in [2.05, 4.69) is 0 Å². The number of benzene rings is 2. The number of likely N-dealkylation sites (tertiary alicyclic amines) is 1. The van der Waals surface area contributed by atoms with Crippen molar-refractivity contribution in [2.75, 3.05) is 26.3 Å². The molecule has 1 aliphatic heterocycles. The second kappa shape index (κ2) is 9.94. The molecule has 138 valence electrons. The van der Waals surface area contributed by atoms with Gasteiger partial charge in [-0.2, -0.15) is 0 Å². The average Bonchev–Trinajstić information content (AvgIpc) is 3.16. The summed E-state index contributed by atoms with van der Waals surface area (Å²) in [6.07, 6.45) is 0.610. The van der Waals surface area contributed by atoms with Crippen LogP contribution in [-0.2, 0) is 27.4 Å². The third-order valence-electron chi connectivity index (χ3n) is 4.30. The van der Waals surface area contributed by atoms with E-state index in [0.29, 0.717) is 39.5 Å². The van der Waals surface area contributed by atoms with E-state index in [1.54, 1.807) is 4.90 Å². The Kier molecular flexibility index (Phi) is 7.05. The van der Waals surface area contributed by atoms with Gasteiger partial charge in [0.1, 0.15) is 6.61 Å². The van der Waals surface area contributed by atoms with Crippen molar-refractivity contribution in [1.29, 1.82) is 0 Å². The van der Waals surface area contributed by atoms with Crippen molar-refractivity contribution in [1.82, 2.24) is 4.90 Å². The van der Waals surface area contributed by atoms with Gasteiger partial charge in [0.2, 0.25) is 0 Å². The van der Waals surface area contributed by atoms with Crippen molar-refractivity contribution in [3.05, 3.63) is 71.8 Å². The molecule has 26 heavy (non-hydrogen) atoms. The molecule has 0 aromatic heterocycles. The summed E-state index contributed by atoms with van der Waals surface area (Å²) in [5.41, 5.74) is 2.14. The Morgan fingerprint density at radius 1 is 0.923 bits per heavy atom. The number of carbonyl (C=O) groups excluding carboxylic acids is 1. The molecule has 1 amide bonds. The number of nitrogens with zero attached hydrogens (tertiary/aromatic N) is 1. The largest absolute Gasteiger partial charge is 0.445 e. The second-order valence-electron chi connectivity index (χ2n) is 6.31. The Bertz CT molecular complexity index is 662. The average molecular weight is 355 g/mol. The minimum absolute atomic E-state index is 0.0552. The van der Waals surface area contributed by atoms with Gasteiger partial charge in [-0.15, -0.1) is 0 Å². The van der Waals surface area contributed by atoms with E-state index in [4.69, 9.17) is 14.2 Å². The van der Waals surface area contributed by atoms with Crippen molar-refractivity contribution in [2.45, 2.75) is 25.7 Å². The Hall–Kier alpha value is -2.37. The topological polar surface area (TPSA) is 48.0 Å². The van der Waals surface area contributed by atoms with Gasteiger partial charge in [-0.25, -0.2) is 4.79 Å². The van der Waals surface area contributed by atoms with Crippen LogP contribution in [0, 0.1) is 0 Å². The van der Waals surface area contributed by atoms with E-state index in [0.717, 1.165) is 17.5 Å². The third-order valence-corrected chi connectivity index (χ3v) is 4.30. The van der Waals surface area contributed by atoms with Gasteiger partial charge < -0.3 is 19.1 Å². The molecular formula is C21H25NO4. The summed E-state index contributed by atoms with van der Waals surface area (Å²) in [6, 6.07) is 19.8. The highest BCUT2D eigenvalue weighted by molar-refractivity contribution is 5.68. The fraction of sp³-hybridized carbons (Fsp3) is 0.381. The first kappa shape index (κ1) is 18.4. The Morgan fingerprint density at radius 3 is 2.27 bits per heavy atom. The van der Waals surface area contributed by atoms with E-state index < -0.39 is 0 Å². The third kappa shape index (κ3) is 5.86. The van der Waals surface area contributed by atoms with Gasteiger partial charge in [-0.3, -0.25) is 0 Å². The van der Waals surface area contributed by atoms with Gasteiger partial charge in [-0.1, -0.05) is 60.7 Å². The highest BCUT2D eigenvalue weighted by atomic mass is 16.6. The van der Waals surface area contributed by atoms with Crippen molar-refractivity contribution >= 4 is 6.09 Å². The van der Waals surface area contributed by atoms with Crippen LogP contribution in [0.4, 0.5) is 4.79 Å². The number of ether oxygens (including phenoxy) is 3. The van der Waals surface area contributed by atoms with Crippen LogP contribution in [0.3, 0.4) is 0 Å². The maximum Gasteiger partial charge on any atom is 0.410 e. The van der Waals surface area contributed by atoms with E-state index in [9.17, 15) is 4.79 Å². The number of hydrogen-bond acceptors (Lipinski definition) is 4. The fourth-order valence-electron chi connectivity index (χ4n) is 2.88. The van der Waals surface area contributed by atoms with E-state index in [-0.39, 0.29) is 12.2 Å². The number of rotatable bonds is 8. The zero-order valence-corrected chi connectivity index (χ0v) is 14.9. The SMILES string of the molecule is O=C(OCc1ccccc1)N1CCC(OCCOCc2ccccc2)C1. The molecule has 0 bridgehead atoms. The second-order valence-corrected chi connectivity index (χ2v) is 6.31. The summed E-state index contributed by atoms with van der Waals surface area (Å²) in [5, 5.41) is 0. The summed E-state index contributed by atoms with van der Waals surface area (Å²) in [5.74, 6) is 0. The lowest BCUT2D eigenvalue weighted by atomic mass is 10.2. The van der Waals surface area contributed by atoms with E-state index in [1.807, 2.05) is 60.7 Å². The van der Waals surface area contributed by atoms with Crippen LogP contribution in [0.1, 0.15) is 17.5 Å². The Morgan fingerprint density at radius 2 is 1.58 bits per heavy atom. The van der Waals surface area contributed by atoms with Gasteiger partial charge in [0.05, 0.1) is 32.5 Å². The predicted octanol–water partition coefficient (Wildman–Crippen LogP) is 3.63. The van der Waals surface area contributed by atoms with Gasteiger partial charge in [0, 0.05) is 6.54 Å². The van der Waals surface area contributed by atoms with Gasteiger partial charge in [0.25, 0.3) is 0 Å². The fourth-order valence-corrected chi connectivity index (χ4v) is 2.88. The highest BCUT2D eigenvalue weighted by Crippen LogP contribution is 2.14. The molecule has 1 fully saturated rings. The Labute approximate surface area is 154 Å². The molecule has 0 spiro atoms. The minimum atomic E-state index is -0.278. The van der Waals surface area contributed by atoms with Crippen molar-refractivity contribution in [3.8, 4) is 0 Å². The molecule has 0 aliphatic carbocycles. The van der Waals surface area contributed by atoms with Gasteiger partial charge in [-0.05, 0) is 17.5 Å². The summed E-state index contributed by atoms with van der Waals surface area (Å²) in [4.78, 5) is 13.8. The van der Waals surface area contributed by atoms with Crippen LogP contribution in [0.15, 0.2) is 60.7 Å². The molecule has 5 heteroatoms. The predicted molar refractivity (Wildman–Crippen MR) is 98.7 cm³/mol. The lowest BCUT2D eigenvalue weighted by Crippen LogP contribution is -2.31. The van der Waals surface area contributed by atoms with Gasteiger partial charge in [0.15, 0.2) is 0 Å². The molecule has 1 aliphatic rings. The highest BCUT2D eigenvalue weighted by Gasteiger charge is 2.27. The molecule has 2 aromatic carbocycles. The summed E-state index contributed by atoms with van der Waals surface area (Å²) < 4.78 is 16.8. The van der Waals surface area contributed by atoms with Crippen LogP contribution >= 0.6 is 0 Å². The summed E-state index contributed by atoms with van der Waals surface area (Å²) in [7, 11) is 0. The lowest BCUT2D eigenvalue weighted by molar-refractivity contribution is 0.00395. The van der Waals surface area contributed by atoms with Crippen molar-refractivity contribution in [2.24, 2.45) is 0 Å². The first-order chi connectivity index (χ1) is 12.8. The molecule has 2 aromatic rings. The molecule has 3 rings (SSSR count). The van der Waals surface area contributed by atoms with Crippen molar-refractivity contribution < 1.29 is 19.0 Å². The lowest BCUT2D eigenvalue weighted by Gasteiger charge is -2.16. The first-order valence-corrected chi connectivity index (χ1v) is 9.00. The van der Waals surface area contributed by atoms with Crippen LogP contribution in [-0.4, -0.2) is 43.4 Å². The maximum absolute atomic E-state index is 12.1. The molecule has 1 atom stereocenters. The molecule has 1 heterocycles. The molecule has 5 nitrogen and oxygen atoms in total. The molecule has 1 unspecified atom stereocenters. The molecular weight excluding hydrogens is 330 g/mol. The minimum Gasteiger partial charge on any atom is -0.445 e. The quantitative estimate of drug-likeness (QED) is 0.679. The van der Waals surface area contributed by atoms with Crippen LogP contribution < -0.4 is 0 Å². The smallest absolute Gasteiger partial charge is 0.410 e. The number of amides is 1. The maximum atomic E-state index is 12.1. The molecule has 1 saturated heterocycles. The number of hydrogen-bond donors (Lipinski definition) is 0. The normalized spacial score (nSPS) is 16.6. The van der Waals surface area contributed by atoms with Gasteiger partial charge >= 0.3 is 6.09 Å². The van der Waals surface area contributed by atoms with Crippen LogP contribution in [0.2, 0.25) is 0 Å². The number of carbonyl (C=O) groups is 1. The Balaban J connectivity index is 1.28.